The van der Waals surface area contributed by atoms with Crippen LogP contribution in [0.3, 0.4) is 0 Å². The number of rotatable bonds is 5. The van der Waals surface area contributed by atoms with Crippen LogP contribution in [0.2, 0.25) is 0 Å². The molecular formula is C65H45B5N2O. The van der Waals surface area contributed by atoms with E-state index >= 15 is 0 Å². The summed E-state index contributed by atoms with van der Waals surface area (Å²) >= 11 is 0. The second kappa shape index (κ2) is 15.5. The maximum Gasteiger partial charge on any atom is 0.145 e. The van der Waals surface area contributed by atoms with Gasteiger partial charge in [0.05, 0.1) is 27.5 Å². The van der Waals surface area contributed by atoms with Crippen LogP contribution in [0.15, 0.2) is 217 Å². The van der Waals surface area contributed by atoms with Gasteiger partial charge >= 0.3 is 0 Å². The molecule has 2 heterocycles. The largest absolute Gasteiger partial charge is 0.455 e. The molecule has 11 aromatic carbocycles. The second-order valence-electron chi connectivity index (χ2n) is 20.4. The van der Waals surface area contributed by atoms with Crippen molar-refractivity contribution in [3.05, 3.63) is 235 Å². The summed E-state index contributed by atoms with van der Waals surface area (Å²) in [6, 6.07) is 79.0. The zero-order valence-corrected chi connectivity index (χ0v) is 41.5. The van der Waals surface area contributed by atoms with Gasteiger partial charge in [0.15, 0.2) is 0 Å². The zero-order valence-electron chi connectivity index (χ0n) is 41.5. The smallest absolute Gasteiger partial charge is 0.145 e. The van der Waals surface area contributed by atoms with E-state index in [1.807, 2.05) is 0 Å². The van der Waals surface area contributed by atoms with Gasteiger partial charge in [0, 0.05) is 38.8 Å². The third-order valence-corrected chi connectivity index (χ3v) is 17.1. The number of nitrogens with zero attached hydrogens (tertiary/aromatic N) is 2. The summed E-state index contributed by atoms with van der Waals surface area (Å²) in [6.45, 7) is 0. The number of furan rings is 1. The second-order valence-corrected chi connectivity index (χ2v) is 20.4. The first-order valence-electron chi connectivity index (χ1n) is 25.6. The third kappa shape index (κ3) is 5.61. The average Bonchev–Trinajstić information content (AvgIpc) is 4.19. The molecule has 73 heavy (non-hydrogen) atoms. The van der Waals surface area contributed by atoms with Gasteiger partial charge in [-0.1, -0.05) is 192 Å². The zero-order chi connectivity index (χ0) is 48.9. The molecule has 2 aliphatic carbocycles. The molecule has 0 unspecified atom stereocenters. The molecule has 8 heteroatoms. The Morgan fingerprint density at radius 1 is 0.397 bits per heavy atom. The lowest BCUT2D eigenvalue weighted by Crippen LogP contribution is -2.56. The molecule has 3 nitrogen and oxygen atoms in total. The lowest BCUT2D eigenvalue weighted by molar-refractivity contribution is 0.669. The first-order chi connectivity index (χ1) is 35.8. The van der Waals surface area contributed by atoms with E-state index in [1.54, 1.807) is 0 Å². The SMILES string of the molecule is Bc1c(B)c(B)c(-n2c3ccccc3c3ccc(N(c4ccc(-c5ccccc5)cc4)c4cc5c(c6oc7ccccc7c46)-c4c(ccc6ccccc46)C54c5ccccc5-c5ccccc54)cc32)c(B)c1B. The highest BCUT2D eigenvalue weighted by Crippen LogP contribution is 2.66. The van der Waals surface area contributed by atoms with E-state index in [0.717, 1.165) is 39.0 Å². The molecule has 0 fully saturated rings. The van der Waals surface area contributed by atoms with Crippen LogP contribution in [0.5, 0.6) is 0 Å². The lowest BCUT2D eigenvalue weighted by atomic mass is 9.61. The van der Waals surface area contributed by atoms with Gasteiger partial charge in [-0.3, -0.25) is 0 Å². The topological polar surface area (TPSA) is 21.3 Å². The van der Waals surface area contributed by atoms with E-state index in [9.17, 15) is 0 Å². The molecule has 0 saturated heterocycles. The van der Waals surface area contributed by atoms with E-state index < -0.39 is 5.41 Å². The van der Waals surface area contributed by atoms with E-state index in [1.165, 1.54) is 121 Å². The van der Waals surface area contributed by atoms with Gasteiger partial charge < -0.3 is 13.9 Å². The minimum absolute atomic E-state index is 0.626. The molecule has 0 aliphatic heterocycles. The Balaban J connectivity index is 1.10. The van der Waals surface area contributed by atoms with E-state index in [0.29, 0.717) is 0 Å². The quantitative estimate of drug-likeness (QED) is 0.162. The normalized spacial score (nSPS) is 13.0. The summed E-state index contributed by atoms with van der Waals surface area (Å²) < 4.78 is 9.98. The number of hydrogen-bond donors (Lipinski definition) is 0. The number of aromatic nitrogens is 1. The van der Waals surface area contributed by atoms with Gasteiger partial charge in [-0.25, -0.2) is 0 Å². The predicted molar refractivity (Wildman–Crippen MR) is 323 cm³/mol. The summed E-state index contributed by atoms with van der Waals surface area (Å²) in [6.07, 6.45) is 0. The number of fused-ring (bicyclic) bond motifs is 19. The molecular weight excluding hydrogens is 879 g/mol. The van der Waals surface area contributed by atoms with Crippen molar-refractivity contribution in [3.8, 4) is 39.1 Å². The number of para-hydroxylation sites is 2. The van der Waals surface area contributed by atoms with Gasteiger partial charge in [-0.15, -0.1) is 5.46 Å². The van der Waals surface area contributed by atoms with Crippen molar-refractivity contribution in [3.63, 3.8) is 0 Å². The summed E-state index contributed by atoms with van der Waals surface area (Å²) in [5.41, 5.74) is 27.1. The van der Waals surface area contributed by atoms with Crippen LogP contribution in [0.1, 0.15) is 22.3 Å². The van der Waals surface area contributed by atoms with Gasteiger partial charge in [0.1, 0.15) is 50.4 Å². The third-order valence-electron chi connectivity index (χ3n) is 17.1. The van der Waals surface area contributed by atoms with Crippen molar-refractivity contribution in [2.75, 3.05) is 4.90 Å². The van der Waals surface area contributed by atoms with Crippen molar-refractivity contribution in [2.45, 2.75) is 5.41 Å². The fourth-order valence-electron chi connectivity index (χ4n) is 13.4. The van der Waals surface area contributed by atoms with Crippen molar-refractivity contribution >= 4 is 138 Å². The molecule has 15 rings (SSSR count). The molecule has 0 bridgehead atoms. The highest BCUT2D eigenvalue weighted by atomic mass is 16.3. The van der Waals surface area contributed by atoms with Crippen LogP contribution in [0, 0.1) is 0 Å². The molecule has 0 N–H and O–H groups in total. The van der Waals surface area contributed by atoms with Gasteiger partial charge in [-0.05, 0) is 103 Å². The van der Waals surface area contributed by atoms with Gasteiger partial charge in [0.25, 0.3) is 0 Å². The highest BCUT2D eigenvalue weighted by molar-refractivity contribution is 6.68. The van der Waals surface area contributed by atoms with Crippen molar-refractivity contribution in [1.82, 2.24) is 4.57 Å². The van der Waals surface area contributed by atoms with Gasteiger partial charge in [-0.2, -0.15) is 0 Å². The monoisotopic (exact) mass is 924 g/mol. The fourth-order valence-corrected chi connectivity index (χ4v) is 13.4. The van der Waals surface area contributed by atoms with Crippen molar-refractivity contribution < 1.29 is 4.42 Å². The van der Waals surface area contributed by atoms with E-state index in [-0.39, 0.29) is 0 Å². The fraction of sp³-hybridized carbons (Fsp3) is 0.0154. The molecule has 1 spiro atoms. The van der Waals surface area contributed by atoms with Crippen LogP contribution in [0.4, 0.5) is 17.1 Å². The molecule has 0 saturated carbocycles. The minimum Gasteiger partial charge on any atom is -0.455 e. The van der Waals surface area contributed by atoms with Crippen LogP contribution >= 0.6 is 0 Å². The molecule has 0 radical (unpaired) electrons. The Morgan fingerprint density at radius 2 is 0.973 bits per heavy atom. The predicted octanol–water partition coefficient (Wildman–Crippen LogP) is 8.61. The highest BCUT2D eigenvalue weighted by Gasteiger charge is 2.53. The summed E-state index contributed by atoms with van der Waals surface area (Å²) in [5, 5.41) is 7.08. The molecule has 336 valence electrons. The molecule has 0 atom stereocenters. The van der Waals surface area contributed by atoms with Crippen molar-refractivity contribution in [1.29, 1.82) is 0 Å². The van der Waals surface area contributed by atoms with Gasteiger partial charge in [0.2, 0.25) is 0 Å². The number of benzene rings is 11. The lowest BCUT2D eigenvalue weighted by Gasteiger charge is -2.32. The maximum absolute atomic E-state index is 7.43. The summed E-state index contributed by atoms with van der Waals surface area (Å²) in [4.78, 5) is 2.52. The Kier molecular flexibility index (Phi) is 8.92. The van der Waals surface area contributed by atoms with Crippen molar-refractivity contribution in [2.24, 2.45) is 0 Å². The summed E-state index contributed by atoms with van der Waals surface area (Å²) in [7, 11) is 11.4. The van der Waals surface area contributed by atoms with Crippen LogP contribution in [-0.2, 0) is 5.41 Å². The first kappa shape index (κ1) is 42.1. The van der Waals surface area contributed by atoms with E-state index in [2.05, 4.69) is 261 Å². The van der Waals surface area contributed by atoms with Crippen LogP contribution < -0.4 is 32.2 Å². The summed E-state index contributed by atoms with van der Waals surface area (Å²) in [5.74, 6) is 0. The number of hydrogen-bond acceptors (Lipinski definition) is 2. The van der Waals surface area contributed by atoms with Crippen LogP contribution in [-0.4, -0.2) is 43.8 Å². The first-order valence-corrected chi connectivity index (χ1v) is 25.6. The maximum atomic E-state index is 7.43. The average molecular weight is 924 g/mol. The number of anilines is 3. The molecule has 2 aliphatic rings. The standard InChI is InChI=1S/C65H45B5N2O/c66-58-59(67)61(69)63(62(70)60(58)68)72-51-24-12-8-20-44(51)45-32-31-40(34-52(45)72)71(39-29-26-37(27-30-39)36-14-2-1-3-15-36)53-35-50-57(64-56(53)46-21-9-13-25-54(46)73-64)55-41-17-5-4-16-38(41)28-33-49(55)65(50)47-22-10-6-18-42(47)43-19-7-11-23-48(43)65/h1-35H,66-70H2. The molecule has 2 aromatic heterocycles. The Morgan fingerprint density at radius 3 is 1.71 bits per heavy atom. The Labute approximate surface area is 428 Å². The minimum atomic E-state index is -0.626. The Hall–Kier alpha value is -8.60. The van der Waals surface area contributed by atoms with Crippen LogP contribution in [0.25, 0.3) is 93.6 Å². The van der Waals surface area contributed by atoms with E-state index in [4.69, 9.17) is 4.42 Å². The Bertz CT molecular complexity index is 4440. The molecule has 13 aromatic rings. The molecule has 0 amide bonds.